The number of likely N-dealkylation sites (tertiary alicyclic amines) is 1. The molecule has 5 rings (SSSR count). The molecule has 1 saturated heterocycles. The van der Waals surface area contributed by atoms with Crippen LogP contribution in [0, 0.1) is 12.7 Å². The van der Waals surface area contributed by atoms with Crippen molar-refractivity contribution in [1.29, 1.82) is 0 Å². The molecular formula is C22H26FN5O2S3. The molecule has 0 amide bonds. The maximum absolute atomic E-state index is 15.0. The topological polar surface area (TPSA) is 78.4 Å². The molecule has 0 spiro atoms. The summed E-state index contributed by atoms with van der Waals surface area (Å²) in [5.41, 5.74) is 4.07. The molecule has 1 aliphatic heterocycles. The number of halogens is 1. The van der Waals surface area contributed by atoms with Crippen LogP contribution in [0.25, 0.3) is 0 Å². The van der Waals surface area contributed by atoms with Crippen molar-refractivity contribution in [2.75, 3.05) is 29.8 Å². The largest absolute Gasteiger partial charge is 0.370 e. The van der Waals surface area contributed by atoms with Gasteiger partial charge in [-0.3, -0.25) is 9.62 Å². The Morgan fingerprint density at radius 1 is 1.27 bits per heavy atom. The van der Waals surface area contributed by atoms with Gasteiger partial charge >= 0.3 is 0 Å². The van der Waals surface area contributed by atoms with E-state index in [0.29, 0.717) is 17.2 Å². The number of hydrogen-bond donors (Lipinski definition) is 1. The molecular weight excluding hydrogens is 481 g/mol. The van der Waals surface area contributed by atoms with E-state index in [9.17, 15) is 12.8 Å². The second-order valence-electron chi connectivity index (χ2n) is 8.79. The minimum absolute atomic E-state index is 0.189. The summed E-state index contributed by atoms with van der Waals surface area (Å²) < 4.78 is 42.6. The van der Waals surface area contributed by atoms with Crippen LogP contribution in [0.15, 0.2) is 33.3 Å². The van der Waals surface area contributed by atoms with Crippen LogP contribution in [-0.4, -0.2) is 49.5 Å². The number of hydrogen-bond acceptors (Lipinski definition) is 8. The van der Waals surface area contributed by atoms with E-state index in [4.69, 9.17) is 4.98 Å². The normalized spacial score (nSPS) is 19.2. The van der Waals surface area contributed by atoms with E-state index in [-0.39, 0.29) is 16.8 Å². The SMILES string of the molecule is Cc1cc(S(=O)(=O)Nc2cscn2)c(F)cc1N(C)C1CCN(Cc2csc(C3CC3)n2)C1. The third-order valence-electron chi connectivity index (χ3n) is 6.27. The number of aromatic nitrogens is 2. The average Bonchev–Trinajstić information content (AvgIpc) is 3.15. The van der Waals surface area contributed by atoms with E-state index in [1.165, 1.54) is 46.8 Å². The first-order valence-corrected chi connectivity index (χ1v) is 14.2. The number of sulfonamides is 1. The fourth-order valence-corrected chi connectivity index (χ4v) is 6.98. The summed E-state index contributed by atoms with van der Waals surface area (Å²) in [6.07, 6.45) is 3.49. The monoisotopic (exact) mass is 507 g/mol. The van der Waals surface area contributed by atoms with Gasteiger partial charge in [0.25, 0.3) is 10.0 Å². The molecule has 3 aromatic rings. The van der Waals surface area contributed by atoms with E-state index in [1.54, 1.807) is 16.7 Å². The van der Waals surface area contributed by atoms with Crippen LogP contribution in [-0.2, 0) is 16.6 Å². The summed E-state index contributed by atoms with van der Waals surface area (Å²) in [5, 5.41) is 5.00. The molecule has 1 unspecified atom stereocenters. The van der Waals surface area contributed by atoms with Gasteiger partial charge in [-0.05, 0) is 43.9 Å². The molecule has 2 aromatic heterocycles. The maximum Gasteiger partial charge on any atom is 0.266 e. The Bertz CT molecular complexity index is 1240. The van der Waals surface area contributed by atoms with Crippen LogP contribution in [0.2, 0.25) is 0 Å². The van der Waals surface area contributed by atoms with Crippen molar-refractivity contribution in [3.63, 3.8) is 0 Å². The summed E-state index contributed by atoms with van der Waals surface area (Å²) in [4.78, 5) is 12.8. The van der Waals surface area contributed by atoms with Crippen molar-refractivity contribution >= 4 is 44.2 Å². The number of rotatable bonds is 8. The molecule has 2 aliphatic rings. The molecule has 2 fully saturated rings. The quantitative estimate of drug-likeness (QED) is 0.486. The molecule has 3 heterocycles. The molecule has 1 saturated carbocycles. The van der Waals surface area contributed by atoms with Crippen molar-refractivity contribution in [3.05, 3.63) is 50.5 Å². The van der Waals surface area contributed by atoms with Gasteiger partial charge in [-0.15, -0.1) is 22.7 Å². The highest BCUT2D eigenvalue weighted by atomic mass is 32.2. The highest BCUT2D eigenvalue weighted by molar-refractivity contribution is 7.92. The Hall–Kier alpha value is -2.08. The zero-order valence-corrected chi connectivity index (χ0v) is 20.9. The van der Waals surface area contributed by atoms with Crippen LogP contribution < -0.4 is 9.62 Å². The average molecular weight is 508 g/mol. The summed E-state index contributed by atoms with van der Waals surface area (Å²) >= 11 is 3.03. The Kier molecular flexibility index (Phi) is 6.15. The molecule has 33 heavy (non-hydrogen) atoms. The highest BCUT2D eigenvalue weighted by Crippen LogP contribution is 2.41. The molecule has 1 atom stereocenters. The molecule has 176 valence electrons. The Balaban J connectivity index is 1.27. The van der Waals surface area contributed by atoms with Crippen LogP contribution in [0.3, 0.4) is 0 Å². The first kappa shape index (κ1) is 22.7. The summed E-state index contributed by atoms with van der Waals surface area (Å²) in [7, 11) is -2.10. The molecule has 0 radical (unpaired) electrons. The zero-order valence-electron chi connectivity index (χ0n) is 18.5. The number of anilines is 2. The maximum atomic E-state index is 15.0. The number of thiazole rings is 2. The number of aryl methyl sites for hydroxylation is 1. The number of benzene rings is 1. The lowest BCUT2D eigenvalue weighted by atomic mass is 10.1. The van der Waals surface area contributed by atoms with Crippen LogP contribution in [0.4, 0.5) is 15.9 Å². The van der Waals surface area contributed by atoms with Gasteiger partial charge in [0.2, 0.25) is 0 Å². The molecule has 11 heteroatoms. The standard InChI is InChI=1S/C22H26FN5O2S3/c1-14-7-20(33(29,30)26-21-12-31-13-24-21)18(23)8-19(14)27(2)17-5-6-28(10-17)9-16-11-32-22(25-16)15-3-4-15/h7-8,11-13,15,17,26H,3-6,9-10H2,1-2H3. The van der Waals surface area contributed by atoms with Crippen molar-refractivity contribution in [2.24, 2.45) is 0 Å². The molecule has 1 N–H and O–H groups in total. The van der Waals surface area contributed by atoms with Gasteiger partial charge < -0.3 is 4.90 Å². The fraction of sp³-hybridized carbons (Fsp3) is 0.455. The fourth-order valence-electron chi connectivity index (χ4n) is 4.30. The highest BCUT2D eigenvalue weighted by Gasteiger charge is 2.30. The zero-order chi connectivity index (χ0) is 23.2. The third kappa shape index (κ3) is 4.91. The van der Waals surface area contributed by atoms with Gasteiger partial charge in [-0.2, -0.15) is 0 Å². The van der Waals surface area contributed by atoms with Crippen molar-refractivity contribution in [1.82, 2.24) is 14.9 Å². The van der Waals surface area contributed by atoms with Gasteiger partial charge in [-0.25, -0.2) is 22.8 Å². The first-order valence-electron chi connectivity index (χ1n) is 10.9. The van der Waals surface area contributed by atoms with Crippen molar-refractivity contribution in [3.8, 4) is 0 Å². The van der Waals surface area contributed by atoms with E-state index >= 15 is 0 Å². The van der Waals surface area contributed by atoms with E-state index in [2.05, 4.69) is 24.9 Å². The van der Waals surface area contributed by atoms with Crippen LogP contribution >= 0.6 is 22.7 Å². The summed E-state index contributed by atoms with van der Waals surface area (Å²) in [5.74, 6) is 0.103. The minimum Gasteiger partial charge on any atom is -0.370 e. The number of nitrogens with zero attached hydrogens (tertiary/aromatic N) is 4. The van der Waals surface area contributed by atoms with Crippen molar-refractivity contribution < 1.29 is 12.8 Å². The van der Waals surface area contributed by atoms with Gasteiger partial charge in [0.1, 0.15) is 10.7 Å². The van der Waals surface area contributed by atoms with E-state index < -0.39 is 15.8 Å². The minimum atomic E-state index is -4.05. The lowest BCUT2D eigenvalue weighted by Crippen LogP contribution is -2.35. The molecule has 7 nitrogen and oxygen atoms in total. The first-order chi connectivity index (χ1) is 15.8. The lowest BCUT2D eigenvalue weighted by molar-refractivity contribution is 0.322. The number of nitrogens with one attached hydrogen (secondary N) is 1. The van der Waals surface area contributed by atoms with Crippen LogP contribution in [0.1, 0.15) is 41.4 Å². The van der Waals surface area contributed by atoms with E-state index in [1.807, 2.05) is 14.0 Å². The number of likely N-dealkylation sites (N-methyl/N-ethyl adjacent to an activating group) is 1. The second kappa shape index (κ2) is 8.94. The molecule has 1 aliphatic carbocycles. The van der Waals surface area contributed by atoms with Gasteiger partial charge in [-0.1, -0.05) is 0 Å². The lowest BCUT2D eigenvalue weighted by Gasteiger charge is -2.29. The predicted octanol–water partition coefficient (Wildman–Crippen LogP) is 4.44. The summed E-state index contributed by atoms with van der Waals surface area (Å²) in [6, 6.07) is 2.95. The van der Waals surface area contributed by atoms with Crippen LogP contribution in [0.5, 0.6) is 0 Å². The third-order valence-corrected chi connectivity index (χ3v) is 9.28. The van der Waals surface area contributed by atoms with Crippen molar-refractivity contribution in [2.45, 2.75) is 49.6 Å². The molecule has 0 bridgehead atoms. The Morgan fingerprint density at radius 2 is 2.09 bits per heavy atom. The van der Waals surface area contributed by atoms with Gasteiger partial charge in [0.15, 0.2) is 5.82 Å². The summed E-state index contributed by atoms with van der Waals surface area (Å²) in [6.45, 7) is 4.46. The molecule has 1 aromatic carbocycles. The Morgan fingerprint density at radius 3 is 2.82 bits per heavy atom. The predicted molar refractivity (Wildman–Crippen MR) is 130 cm³/mol. The smallest absolute Gasteiger partial charge is 0.266 e. The second-order valence-corrected chi connectivity index (χ2v) is 12.0. The van der Waals surface area contributed by atoms with E-state index in [0.717, 1.165) is 31.7 Å². The van der Waals surface area contributed by atoms with Gasteiger partial charge in [0.05, 0.1) is 16.2 Å². The Labute approximate surface area is 201 Å². The van der Waals surface area contributed by atoms with Gasteiger partial charge in [0, 0.05) is 55.1 Å².